The summed E-state index contributed by atoms with van der Waals surface area (Å²) in [7, 11) is 1.62. The maximum atomic E-state index is 12.4. The van der Waals surface area contributed by atoms with Crippen molar-refractivity contribution in [3.8, 4) is 5.75 Å². The molecule has 25 heavy (non-hydrogen) atoms. The van der Waals surface area contributed by atoms with E-state index < -0.39 is 0 Å². The lowest BCUT2D eigenvalue weighted by Gasteiger charge is -2.03. The second-order valence-electron chi connectivity index (χ2n) is 5.84. The van der Waals surface area contributed by atoms with Crippen LogP contribution in [0.15, 0.2) is 42.6 Å². The zero-order valence-electron chi connectivity index (χ0n) is 13.5. The quantitative estimate of drug-likeness (QED) is 0.337. The molecule has 1 aliphatic heterocycles. The average Bonchev–Trinajstić information content (AvgIpc) is 3.15. The number of nitrogen functional groups attached to an aromatic ring is 1. The standard InChI is InChI=1S/C19H16N4O2/c1-25-12-3-5-16-13(8-12)11(9-22-16)7-15-14-6-10(18(20)21)2-4-17(14)23-19(15)24/h2-9,22H,1H3,(H3,20,21)(H,23,24). The maximum absolute atomic E-state index is 12.4. The fraction of sp³-hybridized carbons (Fsp3) is 0.0526. The van der Waals surface area contributed by atoms with Gasteiger partial charge in [-0.25, -0.2) is 0 Å². The van der Waals surface area contributed by atoms with E-state index in [2.05, 4.69) is 10.3 Å². The molecule has 4 rings (SSSR count). The summed E-state index contributed by atoms with van der Waals surface area (Å²) in [6, 6.07) is 11.0. The highest BCUT2D eigenvalue weighted by Gasteiger charge is 2.25. The summed E-state index contributed by atoms with van der Waals surface area (Å²) in [4.78, 5) is 15.6. The van der Waals surface area contributed by atoms with Gasteiger partial charge in [-0.05, 0) is 42.5 Å². The normalized spacial score (nSPS) is 14.6. The molecule has 6 heteroatoms. The first kappa shape index (κ1) is 15.0. The van der Waals surface area contributed by atoms with E-state index in [0.29, 0.717) is 11.1 Å². The monoisotopic (exact) mass is 332 g/mol. The van der Waals surface area contributed by atoms with Crippen molar-refractivity contribution in [3.05, 3.63) is 59.3 Å². The molecule has 3 aromatic rings. The third-order valence-electron chi connectivity index (χ3n) is 4.33. The maximum Gasteiger partial charge on any atom is 0.256 e. The Morgan fingerprint density at radius 1 is 1.24 bits per heavy atom. The fourth-order valence-corrected chi connectivity index (χ4v) is 3.02. The number of methoxy groups -OCH3 is 1. The summed E-state index contributed by atoms with van der Waals surface area (Å²) in [6.45, 7) is 0. The first-order valence-corrected chi connectivity index (χ1v) is 7.74. The predicted molar refractivity (Wildman–Crippen MR) is 98.8 cm³/mol. The van der Waals surface area contributed by atoms with E-state index in [4.69, 9.17) is 15.9 Å². The van der Waals surface area contributed by atoms with E-state index in [1.54, 1.807) is 25.3 Å². The van der Waals surface area contributed by atoms with E-state index in [0.717, 1.165) is 33.5 Å². The van der Waals surface area contributed by atoms with Crippen LogP contribution in [-0.4, -0.2) is 23.8 Å². The molecule has 0 radical (unpaired) electrons. The number of carbonyl (C=O) groups excluding carboxylic acids is 1. The Morgan fingerprint density at radius 2 is 2.08 bits per heavy atom. The molecular weight excluding hydrogens is 316 g/mol. The molecule has 0 fully saturated rings. The second kappa shape index (κ2) is 5.52. The minimum atomic E-state index is -0.173. The van der Waals surface area contributed by atoms with Gasteiger partial charge < -0.3 is 20.8 Å². The number of hydrogen-bond donors (Lipinski definition) is 4. The smallest absolute Gasteiger partial charge is 0.256 e. The lowest BCUT2D eigenvalue weighted by atomic mass is 10.0. The van der Waals surface area contributed by atoms with Crippen LogP contribution in [0.2, 0.25) is 0 Å². The number of nitrogens with one attached hydrogen (secondary N) is 3. The lowest BCUT2D eigenvalue weighted by Crippen LogP contribution is -2.10. The molecule has 1 aromatic heterocycles. The van der Waals surface area contributed by atoms with Crippen LogP contribution >= 0.6 is 0 Å². The number of amides is 1. The minimum Gasteiger partial charge on any atom is -0.497 e. The summed E-state index contributed by atoms with van der Waals surface area (Å²) in [5.41, 5.74) is 10.0. The molecule has 0 bridgehead atoms. The van der Waals surface area contributed by atoms with Crippen LogP contribution in [0.25, 0.3) is 22.6 Å². The van der Waals surface area contributed by atoms with Crippen molar-refractivity contribution in [1.82, 2.24) is 4.98 Å². The third-order valence-corrected chi connectivity index (χ3v) is 4.33. The highest BCUT2D eigenvalue weighted by atomic mass is 16.5. The SMILES string of the molecule is COc1ccc2[nH]cc(C=C3C(=O)Nc4ccc(C(=N)N)cc43)c2c1. The molecule has 0 atom stereocenters. The Morgan fingerprint density at radius 3 is 2.84 bits per heavy atom. The zero-order valence-corrected chi connectivity index (χ0v) is 13.5. The van der Waals surface area contributed by atoms with Gasteiger partial charge in [0.05, 0.1) is 7.11 Å². The molecular formula is C19H16N4O2. The molecule has 2 heterocycles. The molecule has 0 aliphatic carbocycles. The highest BCUT2D eigenvalue weighted by Crippen LogP contribution is 2.35. The molecule has 6 nitrogen and oxygen atoms in total. The van der Waals surface area contributed by atoms with Crippen LogP contribution in [0.1, 0.15) is 16.7 Å². The van der Waals surface area contributed by atoms with Gasteiger partial charge in [-0.3, -0.25) is 10.2 Å². The summed E-state index contributed by atoms with van der Waals surface area (Å²) >= 11 is 0. The summed E-state index contributed by atoms with van der Waals surface area (Å²) < 4.78 is 5.28. The van der Waals surface area contributed by atoms with Crippen molar-refractivity contribution in [1.29, 1.82) is 5.41 Å². The largest absolute Gasteiger partial charge is 0.497 e. The molecule has 5 N–H and O–H groups in total. The van der Waals surface area contributed by atoms with E-state index >= 15 is 0 Å². The Bertz CT molecular complexity index is 1060. The van der Waals surface area contributed by atoms with E-state index in [9.17, 15) is 4.79 Å². The Kier molecular flexibility index (Phi) is 3.32. The van der Waals surface area contributed by atoms with Crippen LogP contribution in [0.3, 0.4) is 0 Å². The number of benzene rings is 2. The number of hydrogen-bond acceptors (Lipinski definition) is 3. The highest BCUT2D eigenvalue weighted by molar-refractivity contribution is 6.35. The van der Waals surface area contributed by atoms with Gasteiger partial charge in [0.15, 0.2) is 0 Å². The number of anilines is 1. The number of H-pyrrole nitrogens is 1. The van der Waals surface area contributed by atoms with Crippen molar-refractivity contribution in [2.24, 2.45) is 5.73 Å². The lowest BCUT2D eigenvalue weighted by molar-refractivity contribution is -0.110. The molecule has 2 aromatic carbocycles. The van der Waals surface area contributed by atoms with E-state index in [1.165, 1.54) is 0 Å². The minimum absolute atomic E-state index is 0.0293. The molecule has 124 valence electrons. The Balaban J connectivity index is 1.87. The number of aromatic amines is 1. The number of ether oxygens (including phenoxy) is 1. The van der Waals surface area contributed by atoms with Gasteiger partial charge in [-0.15, -0.1) is 0 Å². The Hall–Kier alpha value is -3.54. The first-order valence-electron chi connectivity index (χ1n) is 7.74. The predicted octanol–water partition coefficient (Wildman–Crippen LogP) is 2.95. The van der Waals surface area contributed by atoms with E-state index in [-0.39, 0.29) is 11.7 Å². The van der Waals surface area contributed by atoms with Crippen molar-refractivity contribution in [2.75, 3.05) is 12.4 Å². The number of aromatic nitrogens is 1. The van der Waals surface area contributed by atoms with Crippen LogP contribution in [0.5, 0.6) is 5.75 Å². The van der Waals surface area contributed by atoms with Gasteiger partial charge in [-0.1, -0.05) is 0 Å². The van der Waals surface area contributed by atoms with Gasteiger partial charge >= 0.3 is 0 Å². The van der Waals surface area contributed by atoms with Crippen LogP contribution in [-0.2, 0) is 4.79 Å². The van der Waals surface area contributed by atoms with Gasteiger partial charge in [0.2, 0.25) is 0 Å². The van der Waals surface area contributed by atoms with Crippen LogP contribution in [0, 0.1) is 5.41 Å². The topological polar surface area (TPSA) is 104 Å². The number of fused-ring (bicyclic) bond motifs is 2. The summed E-state index contributed by atoms with van der Waals surface area (Å²) in [5, 5.41) is 11.4. The number of nitrogens with two attached hydrogens (primary N) is 1. The van der Waals surface area contributed by atoms with Gasteiger partial charge in [-0.2, -0.15) is 0 Å². The van der Waals surface area contributed by atoms with Crippen molar-refractivity contribution in [3.63, 3.8) is 0 Å². The average molecular weight is 332 g/mol. The van der Waals surface area contributed by atoms with Crippen molar-refractivity contribution >= 4 is 40.0 Å². The van der Waals surface area contributed by atoms with Gasteiger partial charge in [0.1, 0.15) is 11.6 Å². The zero-order chi connectivity index (χ0) is 17.6. The van der Waals surface area contributed by atoms with Crippen LogP contribution in [0.4, 0.5) is 5.69 Å². The summed E-state index contributed by atoms with van der Waals surface area (Å²) in [5.74, 6) is 0.549. The molecule has 1 aliphatic rings. The van der Waals surface area contributed by atoms with Crippen molar-refractivity contribution in [2.45, 2.75) is 0 Å². The van der Waals surface area contributed by atoms with Crippen molar-refractivity contribution < 1.29 is 9.53 Å². The summed E-state index contributed by atoms with van der Waals surface area (Å²) in [6.07, 6.45) is 3.70. The second-order valence-corrected chi connectivity index (χ2v) is 5.84. The van der Waals surface area contributed by atoms with E-state index in [1.807, 2.05) is 30.5 Å². The molecule has 0 spiro atoms. The molecule has 0 saturated carbocycles. The fourth-order valence-electron chi connectivity index (χ4n) is 3.02. The number of carbonyl (C=O) groups is 1. The molecule has 1 amide bonds. The third kappa shape index (κ3) is 2.44. The van der Waals surface area contributed by atoms with Crippen LogP contribution < -0.4 is 15.8 Å². The number of amidine groups is 1. The van der Waals surface area contributed by atoms with Gasteiger partial charge in [0, 0.05) is 45.1 Å². The molecule has 0 saturated heterocycles. The molecule has 0 unspecified atom stereocenters. The number of rotatable bonds is 3. The van der Waals surface area contributed by atoms with Gasteiger partial charge in [0.25, 0.3) is 5.91 Å². The first-order chi connectivity index (χ1) is 12.1. The Labute approximate surface area is 143 Å².